The summed E-state index contributed by atoms with van der Waals surface area (Å²) in [5.74, 6) is 1.34. The number of aromatic nitrogens is 1. The highest BCUT2D eigenvalue weighted by molar-refractivity contribution is 7.09. The lowest BCUT2D eigenvalue weighted by atomic mass is 9.90. The summed E-state index contributed by atoms with van der Waals surface area (Å²) in [6.07, 6.45) is 4.07. The largest absolute Gasteiger partial charge is 0.496 e. The lowest BCUT2D eigenvalue weighted by molar-refractivity contribution is -0.120. The van der Waals surface area contributed by atoms with Gasteiger partial charge < -0.3 is 10.1 Å². The molecule has 5 nitrogen and oxygen atoms in total. The number of hydrogen-bond acceptors (Lipinski definition) is 5. The Morgan fingerprint density at radius 3 is 2.89 bits per heavy atom. The highest BCUT2D eigenvalue weighted by Crippen LogP contribution is 2.32. The molecule has 2 heterocycles. The molecule has 0 aliphatic carbocycles. The van der Waals surface area contributed by atoms with Crippen LogP contribution < -0.4 is 10.1 Å². The fraction of sp³-hybridized carbons (Fsp3) is 0.524. The van der Waals surface area contributed by atoms with E-state index in [0.717, 1.165) is 43.2 Å². The van der Waals surface area contributed by atoms with Crippen LogP contribution in [0.25, 0.3) is 0 Å². The number of amides is 1. The van der Waals surface area contributed by atoms with Crippen LogP contribution in [0.3, 0.4) is 0 Å². The van der Waals surface area contributed by atoms with Gasteiger partial charge in [0.1, 0.15) is 10.8 Å². The van der Waals surface area contributed by atoms with Crippen molar-refractivity contribution in [3.63, 3.8) is 0 Å². The predicted molar refractivity (Wildman–Crippen MR) is 109 cm³/mol. The van der Waals surface area contributed by atoms with E-state index < -0.39 is 0 Å². The van der Waals surface area contributed by atoms with Crippen LogP contribution in [-0.2, 0) is 11.3 Å². The molecule has 1 aromatic heterocycles. The molecule has 1 aromatic carbocycles. The Morgan fingerprint density at radius 1 is 1.41 bits per heavy atom. The van der Waals surface area contributed by atoms with Gasteiger partial charge in [-0.2, -0.15) is 0 Å². The van der Waals surface area contributed by atoms with Crippen molar-refractivity contribution in [2.75, 3.05) is 20.2 Å². The molecular formula is C21H29N3O2S. The molecule has 0 spiro atoms. The van der Waals surface area contributed by atoms with Crippen molar-refractivity contribution < 1.29 is 9.53 Å². The Kier molecular flexibility index (Phi) is 6.50. The van der Waals surface area contributed by atoms with E-state index in [4.69, 9.17) is 4.74 Å². The van der Waals surface area contributed by atoms with Gasteiger partial charge in [-0.25, -0.2) is 4.98 Å². The number of nitrogens with one attached hydrogen (secondary N) is 1. The number of carbonyl (C=O) groups excluding carboxylic acids is 1. The molecule has 1 aliphatic rings. The third-order valence-corrected chi connectivity index (χ3v) is 6.41. The number of benzene rings is 1. The Hall–Kier alpha value is -1.92. The average Bonchev–Trinajstić information content (AvgIpc) is 3.18. The minimum atomic E-state index is 0.00370. The number of thiazole rings is 1. The molecular weight excluding hydrogens is 358 g/mol. The first kappa shape index (κ1) is 19.8. The molecule has 1 aliphatic heterocycles. The quantitative estimate of drug-likeness (QED) is 0.818. The van der Waals surface area contributed by atoms with Gasteiger partial charge in [-0.1, -0.05) is 6.07 Å². The monoisotopic (exact) mass is 387 g/mol. The molecule has 6 heteroatoms. The standard InChI is InChI=1S/C21H29N3O2S/c1-14-15(2)19(26-4)8-7-17(14)12-24-10-5-6-18(13-24)20(23-16(3)25)21-22-9-11-27-21/h7-9,11,18,20H,5-6,10,12-13H2,1-4H3,(H,23,25)/t18-,20-/m1/s1. The Morgan fingerprint density at radius 2 is 2.22 bits per heavy atom. The highest BCUT2D eigenvalue weighted by atomic mass is 32.1. The Balaban J connectivity index is 1.74. The molecule has 0 radical (unpaired) electrons. The Bertz CT molecular complexity index is 776. The van der Waals surface area contributed by atoms with Gasteiger partial charge in [-0.05, 0) is 61.9 Å². The van der Waals surface area contributed by atoms with Gasteiger partial charge in [-0.15, -0.1) is 11.3 Å². The molecule has 1 fully saturated rings. The summed E-state index contributed by atoms with van der Waals surface area (Å²) in [7, 11) is 1.72. The van der Waals surface area contributed by atoms with Crippen LogP contribution in [0.5, 0.6) is 5.75 Å². The highest BCUT2D eigenvalue weighted by Gasteiger charge is 2.30. The topological polar surface area (TPSA) is 54.5 Å². The fourth-order valence-electron chi connectivity index (χ4n) is 3.98. The normalized spacial score (nSPS) is 18.9. The van der Waals surface area contributed by atoms with Gasteiger partial charge in [0.25, 0.3) is 0 Å². The summed E-state index contributed by atoms with van der Waals surface area (Å²) in [5, 5.41) is 6.13. The van der Waals surface area contributed by atoms with Gasteiger partial charge in [-0.3, -0.25) is 9.69 Å². The summed E-state index contributed by atoms with van der Waals surface area (Å²) in [5.41, 5.74) is 3.86. The maximum atomic E-state index is 11.7. The van der Waals surface area contributed by atoms with Crippen molar-refractivity contribution in [1.29, 1.82) is 0 Å². The molecule has 27 heavy (non-hydrogen) atoms. The number of rotatable bonds is 6. The number of likely N-dealkylation sites (tertiary alicyclic amines) is 1. The van der Waals surface area contributed by atoms with Crippen LogP contribution in [0, 0.1) is 19.8 Å². The number of nitrogens with zero attached hydrogens (tertiary/aromatic N) is 2. The van der Waals surface area contributed by atoms with Gasteiger partial charge in [0.15, 0.2) is 0 Å². The first-order valence-electron chi connectivity index (χ1n) is 9.51. The summed E-state index contributed by atoms with van der Waals surface area (Å²) in [6.45, 7) is 8.86. The van der Waals surface area contributed by atoms with Crippen molar-refractivity contribution in [1.82, 2.24) is 15.2 Å². The molecule has 2 aromatic rings. The van der Waals surface area contributed by atoms with Crippen molar-refractivity contribution in [2.45, 2.75) is 46.2 Å². The third kappa shape index (κ3) is 4.68. The van der Waals surface area contributed by atoms with E-state index in [-0.39, 0.29) is 11.9 Å². The van der Waals surface area contributed by atoms with E-state index in [1.54, 1.807) is 25.4 Å². The maximum Gasteiger partial charge on any atom is 0.217 e. The number of ether oxygens (including phenoxy) is 1. The minimum absolute atomic E-state index is 0.00370. The van der Waals surface area contributed by atoms with Gasteiger partial charge in [0.2, 0.25) is 5.91 Å². The maximum absolute atomic E-state index is 11.7. The molecule has 3 rings (SSSR count). The second-order valence-corrected chi connectivity index (χ2v) is 8.29. The van der Waals surface area contributed by atoms with E-state index in [9.17, 15) is 4.79 Å². The van der Waals surface area contributed by atoms with Crippen LogP contribution in [0.4, 0.5) is 0 Å². The van der Waals surface area contributed by atoms with Gasteiger partial charge >= 0.3 is 0 Å². The SMILES string of the molecule is COc1ccc(CN2CCC[C@@H]([C@@H](NC(C)=O)c3nccs3)C2)c(C)c1C. The second-order valence-electron chi connectivity index (χ2n) is 7.36. The van der Waals surface area contributed by atoms with Crippen molar-refractivity contribution in [2.24, 2.45) is 5.92 Å². The van der Waals surface area contributed by atoms with E-state index in [1.165, 1.54) is 16.7 Å². The fourth-order valence-corrected chi connectivity index (χ4v) is 4.76. The zero-order chi connectivity index (χ0) is 19.4. The number of hydrogen-bond donors (Lipinski definition) is 1. The van der Waals surface area contributed by atoms with Gasteiger partial charge in [0, 0.05) is 31.6 Å². The van der Waals surface area contributed by atoms with Crippen molar-refractivity contribution >= 4 is 17.2 Å². The molecule has 1 N–H and O–H groups in total. The zero-order valence-electron chi connectivity index (χ0n) is 16.6. The Labute approximate surface area is 165 Å². The van der Waals surface area contributed by atoms with E-state index in [2.05, 4.69) is 41.2 Å². The molecule has 0 bridgehead atoms. The average molecular weight is 388 g/mol. The van der Waals surface area contributed by atoms with Crippen LogP contribution in [-0.4, -0.2) is 36.0 Å². The number of methoxy groups -OCH3 is 1. The van der Waals surface area contributed by atoms with E-state index >= 15 is 0 Å². The van der Waals surface area contributed by atoms with Crippen LogP contribution >= 0.6 is 11.3 Å². The van der Waals surface area contributed by atoms with Crippen LogP contribution in [0.1, 0.15) is 47.5 Å². The van der Waals surface area contributed by atoms with Crippen LogP contribution in [0.2, 0.25) is 0 Å². The minimum Gasteiger partial charge on any atom is -0.496 e. The molecule has 2 atom stereocenters. The smallest absolute Gasteiger partial charge is 0.217 e. The summed E-state index contributed by atoms with van der Waals surface area (Å²) in [4.78, 5) is 18.7. The van der Waals surface area contributed by atoms with Crippen molar-refractivity contribution in [3.8, 4) is 5.75 Å². The van der Waals surface area contributed by atoms with Gasteiger partial charge in [0.05, 0.1) is 13.2 Å². The number of piperidine rings is 1. The van der Waals surface area contributed by atoms with Crippen molar-refractivity contribution in [3.05, 3.63) is 45.4 Å². The second kappa shape index (κ2) is 8.85. The van der Waals surface area contributed by atoms with Crippen LogP contribution in [0.15, 0.2) is 23.7 Å². The first-order chi connectivity index (χ1) is 13.0. The molecule has 0 saturated carbocycles. The van der Waals surface area contributed by atoms with E-state index in [1.807, 2.05) is 11.6 Å². The molecule has 0 unspecified atom stereocenters. The summed E-state index contributed by atoms with van der Waals surface area (Å²) in [6, 6.07) is 4.25. The first-order valence-corrected chi connectivity index (χ1v) is 10.4. The summed E-state index contributed by atoms with van der Waals surface area (Å²) < 4.78 is 5.44. The lowest BCUT2D eigenvalue weighted by Crippen LogP contribution is -2.42. The lowest BCUT2D eigenvalue weighted by Gasteiger charge is -2.36. The molecule has 1 amide bonds. The predicted octanol–water partition coefficient (Wildman–Crippen LogP) is 3.86. The number of carbonyl (C=O) groups is 1. The molecule has 146 valence electrons. The zero-order valence-corrected chi connectivity index (χ0v) is 17.4. The van der Waals surface area contributed by atoms with E-state index in [0.29, 0.717) is 5.92 Å². The molecule has 1 saturated heterocycles. The summed E-state index contributed by atoms with van der Waals surface area (Å²) >= 11 is 1.62. The third-order valence-electron chi connectivity index (χ3n) is 5.55.